The van der Waals surface area contributed by atoms with Gasteiger partial charge < -0.3 is 14.9 Å². The number of halogens is 1. The maximum atomic E-state index is 13.1. The number of hydrogen-bond acceptors (Lipinski definition) is 6. The molecule has 0 saturated heterocycles. The van der Waals surface area contributed by atoms with Crippen molar-refractivity contribution in [1.29, 1.82) is 0 Å². The number of carbonyl (C=O) groups is 2. The molecular formula is C30H39ClO5S. The number of Topliss-reactive ketones (excluding diaryl/α,β-unsaturated/α-hetero) is 1. The van der Waals surface area contributed by atoms with Crippen molar-refractivity contribution in [2.75, 3.05) is 6.61 Å². The Balaban J connectivity index is 1.55. The Morgan fingerprint density at radius 2 is 2.03 bits per heavy atom. The number of carbonyl (C=O) groups excluding carboxylic acids is 2. The number of allylic oxidation sites excluding steroid dienone is 2. The van der Waals surface area contributed by atoms with Crippen LogP contribution < -0.4 is 0 Å². The Kier molecular flexibility index (Phi) is 10.9. The van der Waals surface area contributed by atoms with Crippen molar-refractivity contribution in [2.24, 2.45) is 17.3 Å². The van der Waals surface area contributed by atoms with Gasteiger partial charge in [0.2, 0.25) is 0 Å². The summed E-state index contributed by atoms with van der Waals surface area (Å²) in [6.07, 6.45) is 10.3. The summed E-state index contributed by atoms with van der Waals surface area (Å²) in [6.45, 7) is 5.99. The fraction of sp³-hybridized carbons (Fsp3) is 0.533. The van der Waals surface area contributed by atoms with Crippen LogP contribution in [0.3, 0.4) is 0 Å². The predicted molar refractivity (Wildman–Crippen MR) is 151 cm³/mol. The summed E-state index contributed by atoms with van der Waals surface area (Å²) >= 11 is 8.18. The second-order valence-electron chi connectivity index (χ2n) is 10.4. The number of rotatable bonds is 13. The fourth-order valence-corrected chi connectivity index (χ4v) is 6.42. The van der Waals surface area contributed by atoms with Crippen LogP contribution in [-0.2, 0) is 20.7 Å². The Morgan fingerprint density at radius 1 is 1.27 bits per heavy atom. The third-order valence-electron chi connectivity index (χ3n) is 7.14. The molecule has 4 atom stereocenters. The van der Waals surface area contributed by atoms with Crippen LogP contribution >= 0.6 is 22.9 Å². The molecule has 0 amide bonds. The smallest absolute Gasteiger partial charge is 0.305 e. The lowest BCUT2D eigenvalue weighted by Gasteiger charge is -2.22. The molecule has 1 aliphatic carbocycles. The van der Waals surface area contributed by atoms with E-state index in [1.54, 1.807) is 31.3 Å². The van der Waals surface area contributed by atoms with Crippen LogP contribution in [0.1, 0.15) is 64.2 Å². The van der Waals surface area contributed by atoms with E-state index in [1.807, 2.05) is 49.4 Å². The quantitative estimate of drug-likeness (QED) is 0.166. The van der Waals surface area contributed by atoms with Crippen molar-refractivity contribution in [3.8, 4) is 0 Å². The maximum Gasteiger partial charge on any atom is 0.305 e. The van der Waals surface area contributed by atoms with Crippen LogP contribution in [-0.4, -0.2) is 40.8 Å². The van der Waals surface area contributed by atoms with Gasteiger partial charge >= 0.3 is 5.97 Å². The summed E-state index contributed by atoms with van der Waals surface area (Å²) < 4.78 is 6.21. The number of unbranched alkanes of at least 4 members (excludes halogenated alkanes) is 1. The highest BCUT2D eigenvalue weighted by atomic mass is 35.5. The second-order valence-corrected chi connectivity index (χ2v) is 11.9. The molecule has 0 aliphatic heterocycles. The molecule has 1 fully saturated rings. The van der Waals surface area contributed by atoms with Crippen LogP contribution in [0.2, 0.25) is 5.02 Å². The molecule has 37 heavy (non-hydrogen) atoms. The Hall–Kier alpha value is -1.99. The molecule has 3 rings (SSSR count). The number of thiophene rings is 1. The standard InChI is InChI=1S/C30H39ClO5S/c1-4-19-36-26(33)14-8-6-5-7-11-21-22(29(35)30(2,3)28(21)34)17-15-20(32)16-18-25-27(31)23-12-9-10-13-24(23)37-25/h5,7,9-10,12-13,15,17,20-22,29,32,35H,4,6,8,11,14,16,18-19H2,1-3H3/t20-,21+,22+,29-/m0/s1. The number of aliphatic hydroxyl groups excluding tert-OH is 2. The maximum absolute atomic E-state index is 13.1. The lowest BCUT2D eigenvalue weighted by molar-refractivity contribution is -0.143. The van der Waals surface area contributed by atoms with E-state index in [4.69, 9.17) is 16.3 Å². The molecule has 1 aliphatic rings. The van der Waals surface area contributed by atoms with Crippen LogP contribution in [0.4, 0.5) is 0 Å². The SMILES string of the molecule is CCCOC(=O)CCCC=CC[C@H]1C(=O)C(C)(C)[C@@H](O)[C@@H]1C=C[C@H](O)CCc1sc2ccccc2c1Cl. The molecule has 0 spiro atoms. The molecule has 1 heterocycles. The van der Waals surface area contributed by atoms with Crippen LogP contribution in [0.15, 0.2) is 48.6 Å². The van der Waals surface area contributed by atoms with Gasteiger partial charge in [-0.2, -0.15) is 0 Å². The number of fused-ring (bicyclic) bond motifs is 1. The fourth-order valence-electron chi connectivity index (χ4n) is 4.87. The van der Waals surface area contributed by atoms with Crippen LogP contribution in [0.25, 0.3) is 10.1 Å². The minimum absolute atomic E-state index is 0.0361. The summed E-state index contributed by atoms with van der Waals surface area (Å²) in [4.78, 5) is 25.7. The number of benzene rings is 1. The molecular weight excluding hydrogens is 508 g/mol. The van der Waals surface area contributed by atoms with Gasteiger partial charge in [0.25, 0.3) is 0 Å². The summed E-state index contributed by atoms with van der Waals surface area (Å²) in [6, 6.07) is 8.00. The van der Waals surface area contributed by atoms with Crippen LogP contribution in [0.5, 0.6) is 0 Å². The summed E-state index contributed by atoms with van der Waals surface area (Å²) in [5, 5.41) is 23.3. The highest BCUT2D eigenvalue weighted by Gasteiger charge is 2.52. The van der Waals surface area contributed by atoms with E-state index in [9.17, 15) is 19.8 Å². The summed E-state index contributed by atoms with van der Waals surface area (Å²) in [7, 11) is 0. The molecule has 2 N–H and O–H groups in total. The molecule has 1 aromatic carbocycles. The van der Waals surface area contributed by atoms with Crippen molar-refractivity contribution in [3.05, 3.63) is 58.5 Å². The lowest BCUT2D eigenvalue weighted by Crippen LogP contribution is -2.31. The molecule has 1 saturated carbocycles. The Bertz CT molecular complexity index is 1120. The zero-order valence-corrected chi connectivity index (χ0v) is 23.6. The van der Waals surface area contributed by atoms with Gasteiger partial charge in [-0.25, -0.2) is 0 Å². The number of hydrogen-bond donors (Lipinski definition) is 2. The molecule has 5 nitrogen and oxygen atoms in total. The highest BCUT2D eigenvalue weighted by molar-refractivity contribution is 7.19. The molecule has 2 aromatic rings. The van der Waals surface area contributed by atoms with E-state index in [0.29, 0.717) is 38.7 Å². The van der Waals surface area contributed by atoms with Gasteiger partial charge in [0.1, 0.15) is 5.78 Å². The van der Waals surface area contributed by atoms with Gasteiger partial charge in [-0.15, -0.1) is 11.3 Å². The van der Waals surface area contributed by atoms with E-state index in [2.05, 4.69) is 0 Å². The normalized spacial score (nSPS) is 22.4. The summed E-state index contributed by atoms with van der Waals surface area (Å²) in [5.74, 6) is -0.853. The van der Waals surface area contributed by atoms with E-state index >= 15 is 0 Å². The molecule has 0 unspecified atom stereocenters. The number of ketones is 1. The number of aliphatic hydroxyl groups is 2. The topological polar surface area (TPSA) is 83.8 Å². The van der Waals surface area contributed by atoms with Gasteiger partial charge in [-0.1, -0.05) is 74.9 Å². The lowest BCUT2D eigenvalue weighted by atomic mass is 9.86. The zero-order valence-electron chi connectivity index (χ0n) is 22.0. The average molecular weight is 547 g/mol. The number of ether oxygens (including phenoxy) is 1. The van der Waals surface area contributed by atoms with Gasteiger partial charge in [-0.3, -0.25) is 9.59 Å². The Labute approximate surface area is 229 Å². The molecule has 202 valence electrons. The minimum Gasteiger partial charge on any atom is -0.466 e. The van der Waals surface area contributed by atoms with E-state index < -0.39 is 17.6 Å². The molecule has 0 bridgehead atoms. The van der Waals surface area contributed by atoms with Crippen molar-refractivity contribution in [3.63, 3.8) is 0 Å². The van der Waals surface area contributed by atoms with Crippen molar-refractivity contribution >= 4 is 44.8 Å². The third-order valence-corrected chi connectivity index (χ3v) is 8.91. The molecule has 1 aromatic heterocycles. The largest absolute Gasteiger partial charge is 0.466 e. The van der Waals surface area contributed by atoms with Crippen molar-refractivity contribution in [2.45, 2.75) is 77.9 Å². The third kappa shape index (κ3) is 7.53. The average Bonchev–Trinajstić information content (AvgIpc) is 3.28. The predicted octanol–water partition coefficient (Wildman–Crippen LogP) is 6.68. The monoisotopic (exact) mass is 546 g/mol. The first kappa shape index (κ1) is 29.6. The van der Waals surface area contributed by atoms with Gasteiger partial charge in [0, 0.05) is 33.2 Å². The summed E-state index contributed by atoms with van der Waals surface area (Å²) in [5.41, 5.74) is -0.841. The first-order chi connectivity index (χ1) is 17.7. The van der Waals surface area contributed by atoms with Gasteiger partial charge in [0.15, 0.2) is 0 Å². The van der Waals surface area contributed by atoms with Crippen molar-refractivity contribution < 1.29 is 24.5 Å². The van der Waals surface area contributed by atoms with Gasteiger partial charge in [0.05, 0.1) is 29.3 Å². The van der Waals surface area contributed by atoms with Crippen LogP contribution in [0, 0.1) is 17.3 Å². The van der Waals surface area contributed by atoms with E-state index in [0.717, 1.165) is 32.8 Å². The first-order valence-electron chi connectivity index (χ1n) is 13.2. The van der Waals surface area contributed by atoms with E-state index in [1.165, 1.54) is 0 Å². The highest BCUT2D eigenvalue weighted by Crippen LogP contribution is 2.45. The minimum atomic E-state index is -0.841. The number of esters is 1. The van der Waals surface area contributed by atoms with Crippen molar-refractivity contribution in [1.82, 2.24) is 0 Å². The van der Waals surface area contributed by atoms with E-state index in [-0.39, 0.29) is 23.6 Å². The molecule has 7 heteroatoms. The zero-order chi connectivity index (χ0) is 27.0. The first-order valence-corrected chi connectivity index (χ1v) is 14.4. The second kappa shape index (κ2) is 13.7. The number of aryl methyl sites for hydroxylation is 1. The Morgan fingerprint density at radius 3 is 2.76 bits per heavy atom. The molecule has 0 radical (unpaired) electrons. The van der Waals surface area contributed by atoms with Gasteiger partial charge in [-0.05, 0) is 44.6 Å².